The van der Waals surface area contributed by atoms with Gasteiger partial charge in [0.05, 0.1) is 32.0 Å². The normalized spacial score (nSPS) is 24.9. The minimum atomic E-state index is -4.17. The molecule has 11 heteroatoms. The van der Waals surface area contributed by atoms with Crippen LogP contribution in [0.1, 0.15) is 66.0 Å². The van der Waals surface area contributed by atoms with Gasteiger partial charge in [0.15, 0.2) is 6.29 Å². The van der Waals surface area contributed by atoms with Crippen LogP contribution in [0.2, 0.25) is 10.1 Å². The summed E-state index contributed by atoms with van der Waals surface area (Å²) in [5, 5.41) is 2.50. The number of phosphoric acid groups is 1. The second-order valence-corrected chi connectivity index (χ2v) is 19.1. The zero-order valence-electron chi connectivity index (χ0n) is 25.1. The highest BCUT2D eigenvalue weighted by atomic mass is 31.2. The maximum Gasteiger partial charge on any atom is 0.477 e. The van der Waals surface area contributed by atoms with E-state index in [0.29, 0.717) is 13.0 Å². The summed E-state index contributed by atoms with van der Waals surface area (Å²) in [5.74, 6) is -0.266. The molecule has 226 valence electrons. The average molecular weight is 606 g/mol. The fraction of sp³-hybridized carbons (Fsp3) is 0.567. The van der Waals surface area contributed by atoms with Crippen molar-refractivity contribution < 1.29 is 36.5 Å². The highest BCUT2D eigenvalue weighted by Crippen LogP contribution is 2.56. The topological polar surface area (TPSA) is 102 Å². The molecule has 2 fully saturated rings. The van der Waals surface area contributed by atoms with Crippen LogP contribution in [0.3, 0.4) is 0 Å². The number of hydrogen-bond acceptors (Lipinski definition) is 8. The zero-order valence-corrected chi connectivity index (χ0v) is 27.0. The number of nitrogens with one attached hydrogen (secondary N) is 1. The van der Waals surface area contributed by atoms with E-state index in [9.17, 15) is 9.36 Å². The SMILES string of the molecule is CC(=O)N[C@@H]1C[C@@H]2O[Si](C(C)(C)C)(C(C)(C)C)OC[C@H]2O[C@@H]1OP(=O)(OCc1ccccc1)OCc1ccccc1. The fourth-order valence-corrected chi connectivity index (χ4v) is 11.9. The van der Waals surface area contributed by atoms with Crippen molar-refractivity contribution in [3.05, 3.63) is 71.8 Å². The predicted molar refractivity (Wildman–Crippen MR) is 158 cm³/mol. The largest absolute Gasteiger partial charge is 0.477 e. The summed E-state index contributed by atoms with van der Waals surface area (Å²) in [6, 6.07) is 18.1. The van der Waals surface area contributed by atoms with Gasteiger partial charge < -0.3 is 18.9 Å². The van der Waals surface area contributed by atoms with Crippen molar-refractivity contribution in [1.82, 2.24) is 5.32 Å². The van der Waals surface area contributed by atoms with E-state index < -0.39 is 34.8 Å². The van der Waals surface area contributed by atoms with Crippen LogP contribution in [0, 0.1) is 0 Å². The van der Waals surface area contributed by atoms with E-state index >= 15 is 0 Å². The quantitative estimate of drug-likeness (QED) is 0.251. The van der Waals surface area contributed by atoms with Gasteiger partial charge in [0.25, 0.3) is 0 Å². The molecule has 0 radical (unpaired) electrons. The Balaban J connectivity index is 1.56. The molecule has 1 amide bonds. The van der Waals surface area contributed by atoms with E-state index in [2.05, 4.69) is 46.9 Å². The summed E-state index contributed by atoms with van der Waals surface area (Å²) in [7, 11) is -6.95. The first-order chi connectivity index (χ1) is 19.2. The molecule has 4 rings (SSSR count). The first-order valence-electron chi connectivity index (χ1n) is 14.1. The number of hydrogen-bond donors (Lipinski definition) is 1. The Bertz CT molecular complexity index is 1140. The second-order valence-electron chi connectivity index (χ2n) is 12.7. The molecule has 0 spiro atoms. The maximum absolute atomic E-state index is 14.1. The van der Waals surface area contributed by atoms with Gasteiger partial charge in [-0.1, -0.05) is 102 Å². The van der Waals surface area contributed by atoms with E-state index in [0.717, 1.165) is 11.1 Å². The Labute approximate surface area is 245 Å². The molecule has 2 aliphatic heterocycles. The Morgan fingerprint density at radius 2 is 1.41 bits per heavy atom. The van der Waals surface area contributed by atoms with Crippen molar-refractivity contribution in [3.8, 4) is 0 Å². The molecule has 2 aromatic carbocycles. The van der Waals surface area contributed by atoms with E-state index in [4.69, 9.17) is 27.2 Å². The average Bonchev–Trinajstić information content (AvgIpc) is 2.90. The first-order valence-corrected chi connectivity index (χ1v) is 17.4. The van der Waals surface area contributed by atoms with Crippen LogP contribution in [0.15, 0.2) is 60.7 Å². The molecule has 1 N–H and O–H groups in total. The molecular formula is C30H44NO8PSi. The number of fused-ring (bicyclic) bond motifs is 1. The predicted octanol–water partition coefficient (Wildman–Crippen LogP) is 6.62. The van der Waals surface area contributed by atoms with E-state index in [1.807, 2.05) is 60.7 Å². The van der Waals surface area contributed by atoms with Gasteiger partial charge in [-0.05, 0) is 11.1 Å². The molecular weight excluding hydrogens is 561 g/mol. The van der Waals surface area contributed by atoms with Crippen LogP contribution in [-0.4, -0.2) is 45.6 Å². The molecule has 0 bridgehead atoms. The minimum Gasteiger partial charge on any atom is -0.391 e. The standard InChI is InChI=1S/C30H44NO8PSi/c1-22(32)31-25-18-26-27(21-36-41(39-26,29(2,3)4)30(5,6)7)37-28(25)38-40(33,34-19-23-14-10-8-11-15-23)35-20-24-16-12-9-13-17-24/h8-17,25-28H,18-21H2,1-7H3,(H,31,32)/t25-,26+,27-,28-/m1/s1. The van der Waals surface area contributed by atoms with Gasteiger partial charge in [-0.3, -0.25) is 18.4 Å². The van der Waals surface area contributed by atoms with Gasteiger partial charge >= 0.3 is 16.4 Å². The number of carbonyl (C=O) groups is 1. The molecule has 2 aliphatic rings. The molecule has 2 saturated heterocycles. The Kier molecular flexibility index (Phi) is 9.98. The Morgan fingerprint density at radius 1 is 0.902 bits per heavy atom. The van der Waals surface area contributed by atoms with Crippen LogP contribution < -0.4 is 5.32 Å². The molecule has 0 aromatic heterocycles. The summed E-state index contributed by atoms with van der Waals surface area (Å²) < 4.78 is 51.5. The van der Waals surface area contributed by atoms with E-state index in [1.54, 1.807) is 0 Å². The molecule has 0 unspecified atom stereocenters. The number of rotatable bonds is 9. The minimum absolute atomic E-state index is 0.00793. The van der Waals surface area contributed by atoms with Crippen molar-refractivity contribution in [2.75, 3.05) is 6.61 Å². The zero-order chi connectivity index (χ0) is 29.9. The van der Waals surface area contributed by atoms with E-state index in [-0.39, 0.29) is 35.3 Å². The monoisotopic (exact) mass is 605 g/mol. The van der Waals surface area contributed by atoms with Gasteiger partial charge in [-0.25, -0.2) is 4.57 Å². The summed E-state index contributed by atoms with van der Waals surface area (Å²) in [5.41, 5.74) is 1.62. The van der Waals surface area contributed by atoms with Crippen molar-refractivity contribution in [1.29, 1.82) is 0 Å². The van der Waals surface area contributed by atoms with E-state index in [1.165, 1.54) is 6.92 Å². The summed E-state index contributed by atoms with van der Waals surface area (Å²) in [6.07, 6.45) is -1.52. The van der Waals surface area contributed by atoms with Gasteiger partial charge in [0.2, 0.25) is 5.91 Å². The highest BCUT2D eigenvalue weighted by Gasteiger charge is 2.63. The van der Waals surface area contributed by atoms with Gasteiger partial charge in [0.1, 0.15) is 6.10 Å². The van der Waals surface area contributed by atoms with Crippen LogP contribution in [0.5, 0.6) is 0 Å². The third-order valence-corrected chi connectivity index (χ3v) is 13.9. The van der Waals surface area contributed by atoms with Gasteiger partial charge in [0, 0.05) is 23.4 Å². The molecule has 9 nitrogen and oxygen atoms in total. The lowest BCUT2D eigenvalue weighted by molar-refractivity contribution is -0.230. The fourth-order valence-electron chi connectivity index (χ4n) is 5.66. The second kappa shape index (κ2) is 12.8. The highest BCUT2D eigenvalue weighted by molar-refractivity contribution is 7.48. The van der Waals surface area contributed by atoms with Crippen LogP contribution in [0.4, 0.5) is 0 Å². The molecule has 4 atom stereocenters. The molecule has 0 saturated carbocycles. The Hall–Kier alpha value is -1.88. The lowest BCUT2D eigenvalue weighted by Crippen LogP contribution is -2.68. The molecule has 2 aromatic rings. The van der Waals surface area contributed by atoms with Crippen molar-refractivity contribution in [2.45, 2.75) is 103 Å². The number of amides is 1. The number of phosphoric ester groups is 1. The smallest absolute Gasteiger partial charge is 0.391 e. The summed E-state index contributed by atoms with van der Waals surface area (Å²) in [4.78, 5) is 12.2. The lowest BCUT2D eigenvalue weighted by Gasteiger charge is -2.56. The third-order valence-electron chi connectivity index (χ3n) is 7.37. The van der Waals surface area contributed by atoms with Crippen molar-refractivity contribution in [3.63, 3.8) is 0 Å². The van der Waals surface area contributed by atoms with Gasteiger partial charge in [-0.2, -0.15) is 0 Å². The van der Waals surface area contributed by atoms with Gasteiger partial charge in [-0.15, -0.1) is 0 Å². The molecule has 41 heavy (non-hydrogen) atoms. The van der Waals surface area contributed by atoms with Crippen LogP contribution >= 0.6 is 7.82 Å². The number of benzene rings is 2. The maximum atomic E-state index is 14.1. The van der Waals surface area contributed by atoms with Crippen molar-refractivity contribution in [2.24, 2.45) is 0 Å². The molecule has 2 heterocycles. The lowest BCUT2D eigenvalue weighted by atomic mass is 10.0. The number of ether oxygens (including phenoxy) is 1. The first kappa shape index (κ1) is 32.0. The molecule has 0 aliphatic carbocycles. The third kappa shape index (κ3) is 7.75. The van der Waals surface area contributed by atoms with Crippen LogP contribution in [-0.2, 0) is 49.7 Å². The van der Waals surface area contributed by atoms with Crippen molar-refractivity contribution >= 4 is 22.3 Å². The number of carbonyl (C=O) groups excluding carboxylic acids is 1. The summed E-state index contributed by atoms with van der Waals surface area (Å²) in [6.45, 7) is 14.6. The van der Waals surface area contributed by atoms with Crippen LogP contribution in [0.25, 0.3) is 0 Å². The summed E-state index contributed by atoms with van der Waals surface area (Å²) >= 11 is 0. The Morgan fingerprint density at radius 3 is 1.88 bits per heavy atom.